The van der Waals surface area contributed by atoms with Crippen molar-refractivity contribution in [2.75, 3.05) is 6.61 Å². The number of carboxylic acid groups (broad SMARTS) is 1. The highest BCUT2D eigenvalue weighted by Gasteiger charge is 2.60. The van der Waals surface area contributed by atoms with E-state index in [1.165, 1.54) is 16.7 Å². The second kappa shape index (κ2) is 5.59. The summed E-state index contributed by atoms with van der Waals surface area (Å²) in [5, 5.41) is 13.9. The van der Waals surface area contributed by atoms with Crippen LogP contribution in [0.25, 0.3) is 0 Å². The summed E-state index contributed by atoms with van der Waals surface area (Å²) < 4.78 is 5.69. The lowest BCUT2D eigenvalue weighted by molar-refractivity contribution is -0.123. The normalized spacial score (nSPS) is 24.1. The molecule has 7 heteroatoms. The number of hydrogen-bond acceptors (Lipinski definition) is 5. The van der Waals surface area contributed by atoms with Gasteiger partial charge in [-0.05, 0) is 18.9 Å². The summed E-state index contributed by atoms with van der Waals surface area (Å²) in [6.07, 6.45) is 1.68. The van der Waals surface area contributed by atoms with Crippen molar-refractivity contribution >= 4 is 23.2 Å². The Morgan fingerprint density at radius 2 is 2.25 bits per heavy atom. The van der Waals surface area contributed by atoms with Gasteiger partial charge in [-0.2, -0.15) is 0 Å². The maximum Gasteiger partial charge on any atom is 0.355 e. The highest BCUT2D eigenvalue weighted by Crippen LogP contribution is 2.60. The Hall–Kier alpha value is -2.41. The predicted molar refractivity (Wildman–Crippen MR) is 87.3 cm³/mol. The standard InChI is InChI=1S/C17H16N2O4S/c20-15(18-8-14-19-12(9-24-14)16(21)22)11-7-17(11)5-6-23-13-4-2-1-3-10(13)17/h1-4,9,11H,5-8H2,(H,18,20)(H,21,22)/t11-,17-/m0/s1. The van der Waals surface area contributed by atoms with Gasteiger partial charge < -0.3 is 15.2 Å². The Bertz CT molecular complexity index is 818. The molecule has 0 saturated heterocycles. The Labute approximate surface area is 142 Å². The fourth-order valence-electron chi connectivity index (χ4n) is 3.48. The fraction of sp³-hybridized carbons (Fsp3) is 0.353. The molecule has 1 aliphatic heterocycles. The maximum absolute atomic E-state index is 12.5. The van der Waals surface area contributed by atoms with E-state index in [0.29, 0.717) is 11.6 Å². The van der Waals surface area contributed by atoms with Gasteiger partial charge in [0.1, 0.15) is 10.8 Å². The molecule has 0 unspecified atom stereocenters. The topological polar surface area (TPSA) is 88.5 Å². The number of carboxylic acids is 1. The smallest absolute Gasteiger partial charge is 0.355 e. The molecule has 2 aromatic rings. The third kappa shape index (κ3) is 2.45. The van der Waals surface area contributed by atoms with Gasteiger partial charge in [-0.1, -0.05) is 18.2 Å². The van der Waals surface area contributed by atoms with Crippen molar-refractivity contribution in [3.63, 3.8) is 0 Å². The first-order chi connectivity index (χ1) is 11.6. The molecule has 6 nitrogen and oxygen atoms in total. The SMILES string of the molecule is O=C(O)c1csc(CNC(=O)[C@@H]2C[C@]23CCOc2ccccc23)n1. The van der Waals surface area contributed by atoms with E-state index in [-0.39, 0.29) is 29.5 Å². The van der Waals surface area contributed by atoms with Crippen molar-refractivity contribution in [1.82, 2.24) is 10.3 Å². The van der Waals surface area contributed by atoms with Crippen molar-refractivity contribution in [2.24, 2.45) is 5.92 Å². The maximum atomic E-state index is 12.5. The van der Waals surface area contributed by atoms with E-state index in [1.54, 1.807) is 0 Å². The van der Waals surface area contributed by atoms with Gasteiger partial charge in [0.25, 0.3) is 0 Å². The number of aromatic carboxylic acids is 1. The number of ether oxygens (including phenoxy) is 1. The predicted octanol–water partition coefficient (Wildman–Crippen LogP) is 2.20. The second-order valence-electron chi connectivity index (χ2n) is 6.16. The molecule has 1 aromatic heterocycles. The van der Waals surface area contributed by atoms with Gasteiger partial charge in [0.05, 0.1) is 13.2 Å². The van der Waals surface area contributed by atoms with Crippen LogP contribution >= 0.6 is 11.3 Å². The Kier molecular flexibility index (Phi) is 3.53. The zero-order valence-electron chi connectivity index (χ0n) is 12.8. The van der Waals surface area contributed by atoms with Crippen molar-refractivity contribution in [2.45, 2.75) is 24.8 Å². The van der Waals surface area contributed by atoms with Crippen LogP contribution in [0.1, 0.15) is 33.9 Å². The second-order valence-corrected chi connectivity index (χ2v) is 7.10. The third-order valence-electron chi connectivity index (χ3n) is 4.81. The Balaban J connectivity index is 1.43. The minimum absolute atomic E-state index is 0.00113. The van der Waals surface area contributed by atoms with Gasteiger partial charge >= 0.3 is 5.97 Å². The molecular formula is C17H16N2O4S. The van der Waals surface area contributed by atoms with Crippen LogP contribution in [-0.4, -0.2) is 28.6 Å². The molecule has 1 aromatic carbocycles. The van der Waals surface area contributed by atoms with Crippen LogP contribution in [0.4, 0.5) is 0 Å². The average molecular weight is 344 g/mol. The summed E-state index contributed by atoms with van der Waals surface area (Å²) in [7, 11) is 0. The number of carbonyl (C=O) groups excluding carboxylic acids is 1. The minimum atomic E-state index is -1.05. The highest BCUT2D eigenvalue weighted by atomic mass is 32.1. The highest BCUT2D eigenvalue weighted by molar-refractivity contribution is 7.09. The van der Waals surface area contributed by atoms with Crippen molar-refractivity contribution in [3.8, 4) is 5.75 Å². The van der Waals surface area contributed by atoms with Crippen LogP contribution in [-0.2, 0) is 16.8 Å². The van der Waals surface area contributed by atoms with E-state index in [1.807, 2.05) is 24.3 Å². The molecule has 0 radical (unpaired) electrons. The van der Waals surface area contributed by atoms with Gasteiger partial charge in [0.15, 0.2) is 5.69 Å². The van der Waals surface area contributed by atoms with Crippen LogP contribution in [0.15, 0.2) is 29.6 Å². The van der Waals surface area contributed by atoms with Crippen molar-refractivity contribution in [1.29, 1.82) is 0 Å². The molecule has 2 heterocycles. The zero-order valence-corrected chi connectivity index (χ0v) is 13.6. The number of fused-ring (bicyclic) bond motifs is 2. The monoisotopic (exact) mass is 344 g/mol. The number of rotatable bonds is 4. The Morgan fingerprint density at radius 3 is 3.04 bits per heavy atom. The lowest BCUT2D eigenvalue weighted by Crippen LogP contribution is -2.30. The lowest BCUT2D eigenvalue weighted by Gasteiger charge is -2.26. The largest absolute Gasteiger partial charge is 0.493 e. The lowest BCUT2D eigenvalue weighted by atomic mass is 9.87. The van der Waals surface area contributed by atoms with Gasteiger partial charge in [-0.25, -0.2) is 9.78 Å². The molecule has 4 rings (SSSR count). The Morgan fingerprint density at radius 1 is 1.42 bits per heavy atom. The van der Waals surface area contributed by atoms with E-state index >= 15 is 0 Å². The first kappa shape index (κ1) is 15.1. The zero-order chi connectivity index (χ0) is 16.7. The summed E-state index contributed by atoms with van der Waals surface area (Å²) in [5.41, 5.74) is 1.04. The molecule has 1 aliphatic carbocycles. The first-order valence-electron chi connectivity index (χ1n) is 7.78. The number of carbonyl (C=O) groups is 2. The summed E-state index contributed by atoms with van der Waals surface area (Å²) in [6, 6.07) is 7.91. The molecule has 24 heavy (non-hydrogen) atoms. The molecule has 124 valence electrons. The van der Waals surface area contributed by atoms with Crippen molar-refractivity contribution in [3.05, 3.63) is 45.9 Å². The molecule has 2 aliphatic rings. The number of nitrogens with zero attached hydrogens (tertiary/aromatic N) is 1. The summed E-state index contributed by atoms with van der Waals surface area (Å²) >= 11 is 1.24. The number of para-hydroxylation sites is 1. The number of amides is 1. The van der Waals surface area contributed by atoms with Crippen LogP contribution in [0.2, 0.25) is 0 Å². The average Bonchev–Trinajstić information content (AvgIpc) is 3.09. The van der Waals surface area contributed by atoms with Gasteiger partial charge in [0.2, 0.25) is 5.91 Å². The van der Waals surface area contributed by atoms with E-state index in [2.05, 4.69) is 10.3 Å². The molecule has 1 fully saturated rings. The quantitative estimate of drug-likeness (QED) is 0.888. The molecule has 1 spiro atoms. The molecule has 0 bridgehead atoms. The van der Waals surface area contributed by atoms with Gasteiger partial charge in [-0.15, -0.1) is 11.3 Å². The van der Waals surface area contributed by atoms with Crippen LogP contribution in [0, 0.1) is 5.92 Å². The first-order valence-corrected chi connectivity index (χ1v) is 8.66. The van der Waals surface area contributed by atoms with Gasteiger partial charge in [0, 0.05) is 22.3 Å². The molecule has 2 N–H and O–H groups in total. The third-order valence-corrected chi connectivity index (χ3v) is 5.65. The van der Waals surface area contributed by atoms with Crippen LogP contribution in [0.3, 0.4) is 0 Å². The van der Waals surface area contributed by atoms with Crippen molar-refractivity contribution < 1.29 is 19.4 Å². The fourth-order valence-corrected chi connectivity index (χ4v) is 4.19. The van der Waals surface area contributed by atoms with Crippen LogP contribution < -0.4 is 10.1 Å². The van der Waals surface area contributed by atoms with Gasteiger partial charge in [-0.3, -0.25) is 4.79 Å². The molecule has 2 atom stereocenters. The number of aromatic nitrogens is 1. The van der Waals surface area contributed by atoms with E-state index < -0.39 is 5.97 Å². The summed E-state index contributed by atoms with van der Waals surface area (Å²) in [4.78, 5) is 27.3. The minimum Gasteiger partial charge on any atom is -0.493 e. The molecule has 1 saturated carbocycles. The molecular weight excluding hydrogens is 328 g/mol. The number of thiazole rings is 1. The summed E-state index contributed by atoms with van der Waals surface area (Å²) in [5.74, 6) is -0.228. The summed E-state index contributed by atoms with van der Waals surface area (Å²) in [6.45, 7) is 0.900. The van der Waals surface area contributed by atoms with E-state index in [4.69, 9.17) is 9.84 Å². The van der Waals surface area contributed by atoms with E-state index in [0.717, 1.165) is 24.2 Å². The molecule has 1 amide bonds. The van der Waals surface area contributed by atoms with Crippen LogP contribution in [0.5, 0.6) is 5.75 Å². The number of benzene rings is 1. The van der Waals surface area contributed by atoms with E-state index in [9.17, 15) is 9.59 Å². The number of hydrogen-bond donors (Lipinski definition) is 2. The number of nitrogens with one attached hydrogen (secondary N) is 1.